The summed E-state index contributed by atoms with van der Waals surface area (Å²) in [6, 6.07) is 18.6. The van der Waals surface area contributed by atoms with Crippen molar-refractivity contribution in [2.45, 2.75) is 0 Å². The smallest absolute Gasteiger partial charge is 0.251 e. The lowest BCUT2D eigenvalue weighted by atomic mass is 10.1. The number of carbonyl (C=O) groups is 2. The van der Waals surface area contributed by atoms with Gasteiger partial charge < -0.3 is 25.6 Å². The average Bonchev–Trinajstić information content (AvgIpc) is 2.91. The topological polar surface area (TPSA) is 132 Å². The minimum Gasteiger partial charge on any atom is -0.378 e. The Morgan fingerprint density at radius 3 is 2.46 bits per heavy atom. The summed E-state index contributed by atoms with van der Waals surface area (Å²) in [6.45, 7) is 2.96. The van der Waals surface area contributed by atoms with Gasteiger partial charge >= 0.3 is 0 Å². The molecule has 1 aromatic heterocycles. The zero-order valence-electron chi connectivity index (χ0n) is 19.0. The van der Waals surface area contributed by atoms with Crippen molar-refractivity contribution < 1.29 is 14.3 Å². The van der Waals surface area contributed by atoms with Crippen LogP contribution in [0.5, 0.6) is 0 Å². The molecule has 0 unspecified atom stereocenters. The Morgan fingerprint density at radius 1 is 1.00 bits per heavy atom. The van der Waals surface area contributed by atoms with Gasteiger partial charge in [0.1, 0.15) is 6.54 Å². The molecule has 4 rings (SSSR count). The van der Waals surface area contributed by atoms with Crippen molar-refractivity contribution in [2.75, 3.05) is 49.6 Å². The Hall–Kier alpha value is -4.49. The van der Waals surface area contributed by atoms with Crippen molar-refractivity contribution in [3.05, 3.63) is 66.4 Å². The molecule has 0 bridgehead atoms. The molecule has 1 aliphatic heterocycles. The van der Waals surface area contributed by atoms with Crippen LogP contribution in [0.3, 0.4) is 0 Å². The second kappa shape index (κ2) is 11.6. The minimum atomic E-state index is -0.423. The molecular formula is C25H25N7O3. The number of morpholine rings is 1. The summed E-state index contributed by atoms with van der Waals surface area (Å²) in [5.74, 6) is -0.339. The van der Waals surface area contributed by atoms with Crippen molar-refractivity contribution in [3.8, 4) is 17.3 Å². The number of hydrogen-bond acceptors (Lipinski definition) is 8. The average molecular weight is 472 g/mol. The lowest BCUT2D eigenvalue weighted by molar-refractivity contribution is -0.119. The number of amides is 2. The third-order valence-corrected chi connectivity index (χ3v) is 5.37. The van der Waals surface area contributed by atoms with E-state index in [0.717, 1.165) is 43.2 Å². The largest absolute Gasteiger partial charge is 0.378 e. The van der Waals surface area contributed by atoms with E-state index in [2.05, 4.69) is 43.0 Å². The van der Waals surface area contributed by atoms with E-state index in [1.54, 1.807) is 42.6 Å². The summed E-state index contributed by atoms with van der Waals surface area (Å²) in [7, 11) is 0. The standard InChI is InChI=1S/C25H25N7O3/c26-10-12-27-23(33)17-29-24(34)19-3-1-18(2-4-19)22-9-11-28-25(31-22)30-20-5-7-21(8-6-20)32-13-15-35-16-14-32/h1-9,11H,12-17H2,(H,27,33)(H,29,34)(H,28,30,31). The van der Waals surface area contributed by atoms with Crippen LogP contribution in [-0.2, 0) is 9.53 Å². The highest BCUT2D eigenvalue weighted by Gasteiger charge is 2.12. The SMILES string of the molecule is N#CCNC(=O)CNC(=O)c1ccc(-c2ccnc(Nc3ccc(N4CCOCC4)cc3)n2)cc1. The molecule has 2 aromatic carbocycles. The van der Waals surface area contributed by atoms with Crippen LogP contribution in [0.1, 0.15) is 10.4 Å². The Bertz CT molecular complexity index is 1200. The number of anilines is 3. The summed E-state index contributed by atoms with van der Waals surface area (Å²) < 4.78 is 5.41. The fourth-order valence-electron chi connectivity index (χ4n) is 3.54. The molecule has 35 heavy (non-hydrogen) atoms. The molecule has 1 fully saturated rings. The van der Waals surface area contributed by atoms with E-state index >= 15 is 0 Å². The normalized spacial score (nSPS) is 12.9. The Balaban J connectivity index is 1.36. The van der Waals surface area contributed by atoms with Gasteiger partial charge in [-0.1, -0.05) is 12.1 Å². The number of benzene rings is 2. The maximum absolute atomic E-state index is 12.3. The molecule has 1 saturated heterocycles. The van der Waals surface area contributed by atoms with Gasteiger partial charge in [-0.25, -0.2) is 9.97 Å². The first-order valence-corrected chi connectivity index (χ1v) is 11.2. The predicted octanol–water partition coefficient (Wildman–Crippen LogP) is 2.09. The van der Waals surface area contributed by atoms with Crippen molar-refractivity contribution in [1.29, 1.82) is 5.26 Å². The van der Waals surface area contributed by atoms with Crippen LogP contribution < -0.4 is 20.9 Å². The van der Waals surface area contributed by atoms with Gasteiger partial charge in [0.25, 0.3) is 5.91 Å². The number of nitrogens with one attached hydrogen (secondary N) is 3. The number of rotatable bonds is 8. The van der Waals surface area contributed by atoms with Crippen LogP contribution in [0.2, 0.25) is 0 Å². The predicted molar refractivity (Wildman–Crippen MR) is 131 cm³/mol. The number of aromatic nitrogens is 2. The van der Waals surface area contributed by atoms with Crippen molar-refractivity contribution >= 4 is 29.1 Å². The highest BCUT2D eigenvalue weighted by atomic mass is 16.5. The lowest BCUT2D eigenvalue weighted by Gasteiger charge is -2.28. The molecule has 0 saturated carbocycles. The Kier molecular flexibility index (Phi) is 7.83. The molecule has 0 atom stereocenters. The lowest BCUT2D eigenvalue weighted by Crippen LogP contribution is -2.37. The summed E-state index contributed by atoms with van der Waals surface area (Å²) in [5, 5.41) is 16.6. The van der Waals surface area contributed by atoms with E-state index in [1.165, 1.54) is 0 Å². The van der Waals surface area contributed by atoms with Gasteiger partial charge in [0, 0.05) is 41.8 Å². The Labute approximate surface area is 203 Å². The summed E-state index contributed by atoms with van der Waals surface area (Å²) >= 11 is 0. The fourth-order valence-corrected chi connectivity index (χ4v) is 3.54. The quantitative estimate of drug-likeness (QED) is 0.426. The van der Waals surface area contributed by atoms with Gasteiger partial charge in [0.2, 0.25) is 11.9 Å². The van der Waals surface area contributed by atoms with Gasteiger partial charge in [-0.15, -0.1) is 0 Å². The first kappa shape index (κ1) is 23.7. The van der Waals surface area contributed by atoms with E-state index in [0.29, 0.717) is 17.2 Å². The molecule has 0 aliphatic carbocycles. The van der Waals surface area contributed by atoms with Crippen molar-refractivity contribution in [1.82, 2.24) is 20.6 Å². The van der Waals surface area contributed by atoms with Gasteiger partial charge in [-0.2, -0.15) is 5.26 Å². The highest BCUT2D eigenvalue weighted by Crippen LogP contribution is 2.23. The van der Waals surface area contributed by atoms with Gasteiger partial charge in [-0.3, -0.25) is 9.59 Å². The van der Waals surface area contributed by atoms with Crippen LogP contribution in [0.25, 0.3) is 11.3 Å². The van der Waals surface area contributed by atoms with Crippen LogP contribution in [0.4, 0.5) is 17.3 Å². The van der Waals surface area contributed by atoms with E-state index in [1.807, 2.05) is 12.1 Å². The van der Waals surface area contributed by atoms with Crippen LogP contribution >= 0.6 is 0 Å². The summed E-state index contributed by atoms with van der Waals surface area (Å²) in [6.07, 6.45) is 1.67. The maximum Gasteiger partial charge on any atom is 0.251 e. The number of nitriles is 1. The maximum atomic E-state index is 12.3. The third kappa shape index (κ3) is 6.52. The van der Waals surface area contributed by atoms with E-state index < -0.39 is 5.91 Å². The van der Waals surface area contributed by atoms with Crippen molar-refractivity contribution in [2.24, 2.45) is 0 Å². The van der Waals surface area contributed by atoms with Crippen LogP contribution in [-0.4, -0.2) is 61.2 Å². The van der Waals surface area contributed by atoms with Gasteiger partial charge in [0.05, 0.1) is 31.5 Å². The highest BCUT2D eigenvalue weighted by molar-refractivity contribution is 5.96. The molecule has 10 heteroatoms. The molecule has 0 radical (unpaired) electrons. The molecule has 3 N–H and O–H groups in total. The fraction of sp³-hybridized carbons (Fsp3) is 0.240. The number of carbonyl (C=O) groups excluding carboxylic acids is 2. The number of ether oxygens (including phenoxy) is 1. The molecule has 3 aromatic rings. The molecule has 178 valence electrons. The monoisotopic (exact) mass is 471 g/mol. The molecule has 0 spiro atoms. The van der Waals surface area contributed by atoms with Gasteiger partial charge in [0.15, 0.2) is 0 Å². The molecule has 2 amide bonds. The molecular weight excluding hydrogens is 446 g/mol. The number of hydrogen-bond donors (Lipinski definition) is 3. The number of nitrogens with zero attached hydrogens (tertiary/aromatic N) is 4. The molecule has 2 heterocycles. The zero-order valence-corrected chi connectivity index (χ0v) is 19.0. The van der Waals surface area contributed by atoms with E-state index in [4.69, 9.17) is 10.00 Å². The minimum absolute atomic E-state index is 0.0983. The molecule has 1 aliphatic rings. The third-order valence-electron chi connectivity index (χ3n) is 5.37. The van der Waals surface area contributed by atoms with Gasteiger partial charge in [-0.05, 0) is 42.5 Å². The summed E-state index contributed by atoms with van der Waals surface area (Å²) in [4.78, 5) is 35.0. The first-order valence-electron chi connectivity index (χ1n) is 11.2. The van der Waals surface area contributed by atoms with Crippen molar-refractivity contribution in [3.63, 3.8) is 0 Å². The van der Waals surface area contributed by atoms with E-state index in [9.17, 15) is 9.59 Å². The second-order valence-electron chi connectivity index (χ2n) is 7.73. The zero-order chi connectivity index (χ0) is 24.5. The van der Waals surface area contributed by atoms with Crippen LogP contribution in [0.15, 0.2) is 60.8 Å². The first-order chi connectivity index (χ1) is 17.1. The van der Waals surface area contributed by atoms with Crippen LogP contribution in [0, 0.1) is 11.3 Å². The van der Waals surface area contributed by atoms with E-state index in [-0.39, 0.29) is 19.0 Å². The Morgan fingerprint density at radius 2 is 1.74 bits per heavy atom. The summed E-state index contributed by atoms with van der Waals surface area (Å²) in [5.41, 5.74) is 3.97. The molecule has 10 nitrogen and oxygen atoms in total. The second-order valence-corrected chi connectivity index (χ2v) is 7.73.